The van der Waals surface area contributed by atoms with Crippen LogP contribution in [0.15, 0.2) is 36.7 Å². The van der Waals surface area contributed by atoms with Gasteiger partial charge in [0.15, 0.2) is 0 Å². The lowest BCUT2D eigenvalue weighted by Crippen LogP contribution is -2.13. The van der Waals surface area contributed by atoms with Crippen LogP contribution >= 0.6 is 23.2 Å². The second-order valence-corrected chi connectivity index (χ2v) is 4.53. The molecule has 0 bridgehead atoms. The van der Waals surface area contributed by atoms with Gasteiger partial charge in [0.1, 0.15) is 0 Å². The number of aryl methyl sites for hydroxylation is 1. The number of benzene rings is 1. The molecule has 5 heteroatoms. The van der Waals surface area contributed by atoms with Gasteiger partial charge >= 0.3 is 0 Å². The molecule has 1 amide bonds. The van der Waals surface area contributed by atoms with E-state index in [1.807, 2.05) is 13.0 Å². The zero-order valence-corrected chi connectivity index (χ0v) is 11.1. The van der Waals surface area contributed by atoms with E-state index in [1.54, 1.807) is 24.4 Å². The number of hydrogen-bond acceptors (Lipinski definition) is 2. The Morgan fingerprint density at radius 1 is 1.28 bits per heavy atom. The minimum absolute atomic E-state index is 0.307. The molecular formula is C13H10Cl2N2O. The average molecular weight is 281 g/mol. The van der Waals surface area contributed by atoms with Crippen LogP contribution in [0.2, 0.25) is 10.0 Å². The van der Waals surface area contributed by atoms with Crippen molar-refractivity contribution in [3.05, 3.63) is 57.8 Å². The fraction of sp³-hybridized carbons (Fsp3) is 0.0769. The summed E-state index contributed by atoms with van der Waals surface area (Å²) in [5, 5.41) is 3.55. The quantitative estimate of drug-likeness (QED) is 0.905. The van der Waals surface area contributed by atoms with Gasteiger partial charge in [-0.25, -0.2) is 0 Å². The first-order valence-corrected chi connectivity index (χ1v) is 6.01. The summed E-state index contributed by atoms with van der Waals surface area (Å²) in [5.41, 5.74) is 1.72. The third kappa shape index (κ3) is 2.63. The zero-order valence-electron chi connectivity index (χ0n) is 9.58. The molecule has 0 saturated heterocycles. The molecule has 3 nitrogen and oxygen atoms in total. The topological polar surface area (TPSA) is 42.0 Å². The molecule has 2 rings (SSSR count). The predicted octanol–water partition coefficient (Wildman–Crippen LogP) is 3.95. The van der Waals surface area contributed by atoms with Gasteiger partial charge in [-0.15, -0.1) is 0 Å². The van der Waals surface area contributed by atoms with E-state index in [1.165, 1.54) is 6.20 Å². The maximum absolute atomic E-state index is 12.1. The number of carbonyl (C=O) groups is 1. The molecule has 0 fully saturated rings. The number of hydrogen-bond donors (Lipinski definition) is 1. The molecule has 92 valence electrons. The van der Waals surface area contributed by atoms with Crippen LogP contribution in [0.25, 0.3) is 0 Å². The Hall–Kier alpha value is -1.58. The van der Waals surface area contributed by atoms with Gasteiger partial charge in [0.2, 0.25) is 0 Å². The van der Waals surface area contributed by atoms with E-state index in [4.69, 9.17) is 23.2 Å². The first kappa shape index (κ1) is 12.9. The predicted molar refractivity (Wildman–Crippen MR) is 73.4 cm³/mol. The lowest BCUT2D eigenvalue weighted by Gasteiger charge is -2.08. The van der Waals surface area contributed by atoms with Crippen LogP contribution in [0.1, 0.15) is 15.9 Å². The summed E-state index contributed by atoms with van der Waals surface area (Å²) in [6, 6.07) is 6.89. The van der Waals surface area contributed by atoms with Gasteiger partial charge in [-0.3, -0.25) is 9.78 Å². The van der Waals surface area contributed by atoms with Crippen LogP contribution in [0, 0.1) is 6.92 Å². The molecule has 1 aromatic heterocycles. The summed E-state index contributed by atoms with van der Waals surface area (Å²) in [4.78, 5) is 16.0. The van der Waals surface area contributed by atoms with E-state index >= 15 is 0 Å². The third-order valence-corrected chi connectivity index (χ3v) is 3.28. The molecule has 0 spiro atoms. The number of amides is 1. The number of rotatable bonds is 2. The van der Waals surface area contributed by atoms with Crippen molar-refractivity contribution in [2.24, 2.45) is 0 Å². The first-order chi connectivity index (χ1) is 8.59. The molecule has 0 unspecified atom stereocenters. The number of pyridine rings is 1. The molecular weight excluding hydrogens is 271 g/mol. The summed E-state index contributed by atoms with van der Waals surface area (Å²) < 4.78 is 0. The summed E-state index contributed by atoms with van der Waals surface area (Å²) >= 11 is 12.0. The highest BCUT2D eigenvalue weighted by molar-refractivity contribution is 6.36. The Bertz CT molecular complexity index is 599. The van der Waals surface area contributed by atoms with Crippen LogP contribution in [0.4, 0.5) is 5.69 Å². The standard InChI is InChI=1S/C13H10Cl2N2O/c1-8-3-2-4-9(12(8)15)13(18)17-11-7-16-6-5-10(11)14/h2-7H,1H3,(H,17,18). The number of nitrogens with one attached hydrogen (secondary N) is 1. The highest BCUT2D eigenvalue weighted by atomic mass is 35.5. The Morgan fingerprint density at radius 2 is 2.06 bits per heavy atom. The largest absolute Gasteiger partial charge is 0.319 e. The highest BCUT2D eigenvalue weighted by Crippen LogP contribution is 2.24. The highest BCUT2D eigenvalue weighted by Gasteiger charge is 2.13. The van der Waals surface area contributed by atoms with Crippen molar-refractivity contribution >= 4 is 34.8 Å². The summed E-state index contributed by atoms with van der Waals surface area (Å²) in [5.74, 6) is -0.307. The molecule has 0 aliphatic heterocycles. The van der Waals surface area contributed by atoms with Crippen molar-refractivity contribution in [3.8, 4) is 0 Å². The molecule has 0 atom stereocenters. The molecule has 2 aromatic rings. The van der Waals surface area contributed by atoms with E-state index in [2.05, 4.69) is 10.3 Å². The molecule has 18 heavy (non-hydrogen) atoms. The monoisotopic (exact) mass is 280 g/mol. The molecule has 1 heterocycles. The summed E-state index contributed by atoms with van der Waals surface area (Å²) in [7, 11) is 0. The minimum atomic E-state index is -0.307. The second kappa shape index (κ2) is 5.38. The van der Waals surface area contributed by atoms with Gasteiger partial charge in [0, 0.05) is 6.20 Å². The van der Waals surface area contributed by atoms with Gasteiger partial charge in [0.05, 0.1) is 27.5 Å². The summed E-state index contributed by atoms with van der Waals surface area (Å²) in [6.45, 7) is 1.84. The zero-order chi connectivity index (χ0) is 13.1. The lowest BCUT2D eigenvalue weighted by atomic mass is 10.1. The fourth-order valence-corrected chi connectivity index (χ4v) is 1.85. The van der Waals surface area contributed by atoms with E-state index in [0.29, 0.717) is 21.3 Å². The van der Waals surface area contributed by atoms with Crippen LogP contribution in [0.3, 0.4) is 0 Å². The normalized spacial score (nSPS) is 10.2. The van der Waals surface area contributed by atoms with Crippen LogP contribution in [-0.4, -0.2) is 10.9 Å². The van der Waals surface area contributed by atoms with Gasteiger partial charge in [-0.1, -0.05) is 35.3 Å². The number of halogens is 2. The fourth-order valence-electron chi connectivity index (χ4n) is 1.48. The SMILES string of the molecule is Cc1cccc(C(=O)Nc2cnccc2Cl)c1Cl. The van der Waals surface area contributed by atoms with Crippen molar-refractivity contribution in [1.29, 1.82) is 0 Å². The molecule has 0 saturated carbocycles. The van der Waals surface area contributed by atoms with Crippen LogP contribution in [0.5, 0.6) is 0 Å². The molecule has 0 radical (unpaired) electrons. The van der Waals surface area contributed by atoms with E-state index in [0.717, 1.165) is 5.56 Å². The van der Waals surface area contributed by atoms with Crippen molar-refractivity contribution < 1.29 is 4.79 Å². The van der Waals surface area contributed by atoms with Gasteiger partial charge in [0.25, 0.3) is 5.91 Å². The summed E-state index contributed by atoms with van der Waals surface area (Å²) in [6.07, 6.45) is 3.04. The van der Waals surface area contributed by atoms with Crippen molar-refractivity contribution in [1.82, 2.24) is 4.98 Å². The van der Waals surface area contributed by atoms with Crippen LogP contribution in [-0.2, 0) is 0 Å². The Labute approximate surface area is 115 Å². The smallest absolute Gasteiger partial charge is 0.257 e. The number of carbonyl (C=O) groups excluding carboxylic acids is 1. The van der Waals surface area contributed by atoms with Gasteiger partial charge < -0.3 is 5.32 Å². The Balaban J connectivity index is 2.28. The average Bonchev–Trinajstić information content (AvgIpc) is 2.35. The molecule has 0 aliphatic rings. The Morgan fingerprint density at radius 3 is 2.78 bits per heavy atom. The number of aromatic nitrogens is 1. The second-order valence-electron chi connectivity index (χ2n) is 3.75. The maximum Gasteiger partial charge on any atom is 0.257 e. The number of anilines is 1. The van der Waals surface area contributed by atoms with E-state index < -0.39 is 0 Å². The van der Waals surface area contributed by atoms with Gasteiger partial charge in [-0.2, -0.15) is 0 Å². The van der Waals surface area contributed by atoms with E-state index in [9.17, 15) is 4.79 Å². The lowest BCUT2D eigenvalue weighted by molar-refractivity contribution is 0.102. The maximum atomic E-state index is 12.1. The van der Waals surface area contributed by atoms with Crippen molar-refractivity contribution in [2.75, 3.05) is 5.32 Å². The minimum Gasteiger partial charge on any atom is -0.319 e. The Kier molecular flexibility index (Phi) is 3.84. The van der Waals surface area contributed by atoms with E-state index in [-0.39, 0.29) is 5.91 Å². The van der Waals surface area contributed by atoms with Crippen molar-refractivity contribution in [3.63, 3.8) is 0 Å². The molecule has 1 aromatic carbocycles. The first-order valence-electron chi connectivity index (χ1n) is 5.25. The molecule has 0 aliphatic carbocycles. The number of nitrogens with zero attached hydrogens (tertiary/aromatic N) is 1. The third-order valence-electron chi connectivity index (χ3n) is 2.45. The molecule has 1 N–H and O–H groups in total. The van der Waals surface area contributed by atoms with Gasteiger partial charge in [-0.05, 0) is 24.6 Å². The van der Waals surface area contributed by atoms with Crippen LogP contribution < -0.4 is 5.32 Å². The van der Waals surface area contributed by atoms with Crippen molar-refractivity contribution in [2.45, 2.75) is 6.92 Å².